The van der Waals surface area contributed by atoms with E-state index in [0.29, 0.717) is 12.8 Å². The zero-order valence-corrected chi connectivity index (χ0v) is 13.8. The zero-order chi connectivity index (χ0) is 17.5. The summed E-state index contributed by atoms with van der Waals surface area (Å²) in [6.45, 7) is 1.19. The number of benzene rings is 1. The Morgan fingerprint density at radius 3 is 2.83 bits per heavy atom. The van der Waals surface area contributed by atoms with E-state index >= 15 is 0 Å². The van der Waals surface area contributed by atoms with Gasteiger partial charge in [-0.1, -0.05) is 24.3 Å². The number of carbonyl (C=O) groups is 3. The van der Waals surface area contributed by atoms with Gasteiger partial charge in [-0.05, 0) is 30.9 Å². The number of nitrogens with zero attached hydrogens (tertiary/aromatic N) is 2. The molecule has 7 heteroatoms. The van der Waals surface area contributed by atoms with Crippen LogP contribution in [0.4, 0.5) is 4.79 Å². The molecule has 0 bridgehead atoms. The molecule has 4 amide bonds. The third-order valence-electron chi connectivity index (χ3n) is 5.03. The number of hydrogen-bond acceptors (Lipinski definition) is 4. The van der Waals surface area contributed by atoms with Gasteiger partial charge in [-0.2, -0.15) is 0 Å². The van der Waals surface area contributed by atoms with Gasteiger partial charge in [-0.25, -0.2) is 4.79 Å². The molecule has 1 spiro atoms. The lowest BCUT2D eigenvalue weighted by Crippen LogP contribution is -2.46. The van der Waals surface area contributed by atoms with Crippen LogP contribution in [0.1, 0.15) is 24.5 Å². The van der Waals surface area contributed by atoms with Crippen molar-refractivity contribution < 1.29 is 19.5 Å². The Balaban J connectivity index is 1.82. The van der Waals surface area contributed by atoms with Crippen molar-refractivity contribution in [2.75, 3.05) is 20.2 Å². The van der Waals surface area contributed by atoms with Crippen LogP contribution in [0.25, 0.3) is 0 Å². The fourth-order valence-electron chi connectivity index (χ4n) is 3.35. The van der Waals surface area contributed by atoms with Crippen LogP contribution in [0, 0.1) is 0 Å². The summed E-state index contributed by atoms with van der Waals surface area (Å²) in [5, 5.41) is 11.9. The highest BCUT2D eigenvalue weighted by molar-refractivity contribution is 6.09. The van der Waals surface area contributed by atoms with Crippen molar-refractivity contribution in [2.45, 2.75) is 31.3 Å². The molecule has 24 heavy (non-hydrogen) atoms. The van der Waals surface area contributed by atoms with Gasteiger partial charge in [-0.3, -0.25) is 14.5 Å². The number of urea groups is 1. The number of nitrogens with one attached hydrogen (secondary N) is 1. The predicted octanol–water partition coefficient (Wildman–Crippen LogP) is 0.219. The Morgan fingerprint density at radius 2 is 2.12 bits per heavy atom. The maximum Gasteiger partial charge on any atom is 0.325 e. The number of rotatable bonds is 4. The van der Waals surface area contributed by atoms with E-state index in [4.69, 9.17) is 5.11 Å². The van der Waals surface area contributed by atoms with Crippen molar-refractivity contribution in [3.63, 3.8) is 0 Å². The first-order valence-corrected chi connectivity index (χ1v) is 7.99. The lowest BCUT2D eigenvalue weighted by molar-refractivity contribution is -0.139. The molecule has 2 aliphatic rings. The lowest BCUT2D eigenvalue weighted by Gasteiger charge is -2.26. The summed E-state index contributed by atoms with van der Waals surface area (Å²) >= 11 is 0. The van der Waals surface area contributed by atoms with Crippen molar-refractivity contribution in [1.82, 2.24) is 15.1 Å². The number of aryl methyl sites for hydroxylation is 1. The lowest BCUT2D eigenvalue weighted by atomic mass is 9.92. The van der Waals surface area contributed by atoms with Gasteiger partial charge in [-0.15, -0.1) is 0 Å². The minimum Gasteiger partial charge on any atom is -0.394 e. The maximum absolute atomic E-state index is 12.9. The van der Waals surface area contributed by atoms with Crippen LogP contribution in [0.3, 0.4) is 0 Å². The number of aliphatic hydroxyl groups excluding tert-OH is 1. The molecule has 1 aromatic rings. The molecule has 128 valence electrons. The zero-order valence-electron chi connectivity index (χ0n) is 13.8. The average Bonchev–Trinajstić information content (AvgIpc) is 3.07. The van der Waals surface area contributed by atoms with Crippen molar-refractivity contribution in [1.29, 1.82) is 0 Å². The summed E-state index contributed by atoms with van der Waals surface area (Å²) in [6, 6.07) is 6.64. The Hall–Kier alpha value is -2.41. The molecule has 1 aromatic carbocycles. The summed E-state index contributed by atoms with van der Waals surface area (Å²) < 4.78 is 0. The molecule has 1 heterocycles. The molecule has 2 atom stereocenters. The molecule has 3 rings (SSSR count). The van der Waals surface area contributed by atoms with E-state index in [9.17, 15) is 14.4 Å². The summed E-state index contributed by atoms with van der Waals surface area (Å²) in [6.07, 6.45) is 1.22. The Bertz CT molecular complexity index is 705. The first-order valence-electron chi connectivity index (χ1n) is 7.99. The summed E-state index contributed by atoms with van der Waals surface area (Å²) in [5.74, 6) is -0.765. The van der Waals surface area contributed by atoms with Crippen molar-refractivity contribution in [2.24, 2.45) is 0 Å². The van der Waals surface area contributed by atoms with Gasteiger partial charge < -0.3 is 15.3 Å². The fraction of sp³-hybridized carbons (Fsp3) is 0.471. The number of carbonyl (C=O) groups excluding carboxylic acids is 3. The van der Waals surface area contributed by atoms with Crippen molar-refractivity contribution in [3.8, 4) is 0 Å². The number of amides is 4. The normalized spacial score (nSPS) is 23.4. The molecule has 0 unspecified atom stereocenters. The van der Waals surface area contributed by atoms with Gasteiger partial charge in [0.05, 0.1) is 12.6 Å². The molecule has 1 aliphatic carbocycles. The third-order valence-corrected chi connectivity index (χ3v) is 5.03. The van der Waals surface area contributed by atoms with Crippen LogP contribution < -0.4 is 5.32 Å². The summed E-state index contributed by atoms with van der Waals surface area (Å²) in [5.41, 5.74) is 0.815. The highest BCUT2D eigenvalue weighted by atomic mass is 16.3. The monoisotopic (exact) mass is 331 g/mol. The Kier molecular flexibility index (Phi) is 4.04. The number of hydrogen-bond donors (Lipinski definition) is 2. The fourth-order valence-corrected chi connectivity index (χ4v) is 3.35. The molecule has 2 N–H and O–H groups in total. The molecule has 0 aromatic heterocycles. The van der Waals surface area contributed by atoms with Gasteiger partial charge in [0.2, 0.25) is 5.91 Å². The first-order chi connectivity index (χ1) is 11.4. The van der Waals surface area contributed by atoms with E-state index in [-0.39, 0.29) is 31.0 Å². The highest BCUT2D eigenvalue weighted by Crippen LogP contribution is 2.41. The Labute approximate surface area is 140 Å². The second kappa shape index (κ2) is 5.90. The van der Waals surface area contributed by atoms with Crippen molar-refractivity contribution >= 4 is 17.8 Å². The molecule has 1 aliphatic heterocycles. The van der Waals surface area contributed by atoms with Crippen LogP contribution in [0.5, 0.6) is 0 Å². The van der Waals surface area contributed by atoms with Gasteiger partial charge in [0.1, 0.15) is 12.1 Å². The minimum atomic E-state index is -1.05. The van der Waals surface area contributed by atoms with E-state index in [2.05, 4.69) is 5.32 Å². The van der Waals surface area contributed by atoms with Gasteiger partial charge in [0.15, 0.2) is 0 Å². The summed E-state index contributed by atoms with van der Waals surface area (Å²) in [4.78, 5) is 39.8. The second-order valence-electron chi connectivity index (χ2n) is 6.42. The molecule has 1 fully saturated rings. The van der Waals surface area contributed by atoms with Crippen molar-refractivity contribution in [3.05, 3.63) is 35.4 Å². The third kappa shape index (κ3) is 2.36. The number of likely N-dealkylation sites (N-methyl/N-ethyl adjacent to an activating group) is 1. The van der Waals surface area contributed by atoms with Crippen LogP contribution in [0.15, 0.2) is 24.3 Å². The SMILES string of the molecule is C[C@H](CO)N(C)C(=O)CN1C(=O)N[C@@]2(CCc3ccccc32)C1=O. The van der Waals surface area contributed by atoms with Gasteiger partial charge in [0, 0.05) is 7.05 Å². The van der Waals surface area contributed by atoms with Crippen LogP contribution in [0.2, 0.25) is 0 Å². The van der Waals surface area contributed by atoms with E-state index in [1.807, 2.05) is 24.3 Å². The van der Waals surface area contributed by atoms with E-state index in [1.54, 1.807) is 14.0 Å². The molecule has 0 saturated carbocycles. The predicted molar refractivity (Wildman–Crippen MR) is 86.0 cm³/mol. The topological polar surface area (TPSA) is 89.9 Å². The number of aliphatic hydroxyl groups is 1. The molecular formula is C17H21N3O4. The minimum absolute atomic E-state index is 0.181. The molecular weight excluding hydrogens is 310 g/mol. The number of imide groups is 1. The largest absolute Gasteiger partial charge is 0.394 e. The quantitative estimate of drug-likeness (QED) is 0.772. The van der Waals surface area contributed by atoms with E-state index in [0.717, 1.165) is 16.0 Å². The smallest absolute Gasteiger partial charge is 0.325 e. The second-order valence-corrected chi connectivity index (χ2v) is 6.42. The van der Waals surface area contributed by atoms with E-state index < -0.39 is 11.6 Å². The molecule has 7 nitrogen and oxygen atoms in total. The summed E-state index contributed by atoms with van der Waals surface area (Å²) in [7, 11) is 1.54. The van der Waals surface area contributed by atoms with Gasteiger partial charge >= 0.3 is 6.03 Å². The standard InChI is InChI=1S/C17H21N3O4/c1-11(10-21)19(2)14(22)9-20-15(23)17(18-16(20)24)8-7-12-5-3-4-6-13(12)17/h3-6,11,21H,7-10H2,1-2H3,(H,18,24)/t11-,17-/m1/s1. The first kappa shape index (κ1) is 16.4. The van der Waals surface area contributed by atoms with E-state index in [1.165, 1.54) is 4.90 Å². The van der Waals surface area contributed by atoms with Gasteiger partial charge in [0.25, 0.3) is 5.91 Å². The van der Waals surface area contributed by atoms with Crippen LogP contribution in [-0.2, 0) is 21.5 Å². The van der Waals surface area contributed by atoms with Crippen LogP contribution in [-0.4, -0.2) is 59.0 Å². The Morgan fingerprint density at radius 1 is 1.42 bits per heavy atom. The molecule has 1 saturated heterocycles. The van der Waals surface area contributed by atoms with Crippen LogP contribution >= 0.6 is 0 Å². The number of fused-ring (bicyclic) bond motifs is 2. The molecule has 0 radical (unpaired) electrons. The average molecular weight is 331 g/mol. The maximum atomic E-state index is 12.9. The highest BCUT2D eigenvalue weighted by Gasteiger charge is 2.55.